The van der Waals surface area contributed by atoms with E-state index >= 15 is 0 Å². The van der Waals surface area contributed by atoms with E-state index in [9.17, 15) is 0 Å². The van der Waals surface area contributed by atoms with E-state index in [2.05, 4.69) is 110 Å². The number of furan rings is 2. The van der Waals surface area contributed by atoms with Crippen LogP contribution in [0.1, 0.15) is 25.0 Å². The van der Waals surface area contributed by atoms with Crippen molar-refractivity contribution in [2.24, 2.45) is 0 Å². The molecule has 1 radical (unpaired) electrons. The summed E-state index contributed by atoms with van der Waals surface area (Å²) in [6.07, 6.45) is 1.83. The molecule has 48 heavy (non-hydrogen) atoms. The van der Waals surface area contributed by atoms with E-state index in [0.29, 0.717) is 0 Å². The summed E-state index contributed by atoms with van der Waals surface area (Å²) in [6.45, 7) is 4.68. The zero-order valence-electron chi connectivity index (χ0n) is 26.3. The van der Waals surface area contributed by atoms with E-state index in [1.54, 1.807) is 0 Å². The molecule has 0 amide bonds. The molecule has 9 aromatic rings. The summed E-state index contributed by atoms with van der Waals surface area (Å²) in [6, 6.07) is 48.5. The van der Waals surface area contributed by atoms with Crippen LogP contribution in [0.2, 0.25) is 0 Å². The molecule has 3 heterocycles. The number of benzene rings is 6. The zero-order chi connectivity index (χ0) is 31.3. The second-order valence-electron chi connectivity index (χ2n) is 13.1. The fourth-order valence-corrected chi connectivity index (χ4v) is 7.60. The molecular weight excluding hydrogens is 767 g/mol. The molecule has 0 N–H and O–H groups in total. The van der Waals surface area contributed by atoms with Gasteiger partial charge in [0.15, 0.2) is 0 Å². The van der Waals surface area contributed by atoms with Gasteiger partial charge >= 0.3 is 0 Å². The molecule has 0 fully saturated rings. The molecule has 10 rings (SSSR count). The van der Waals surface area contributed by atoms with Crippen LogP contribution in [0.3, 0.4) is 0 Å². The molecule has 3 aromatic heterocycles. The van der Waals surface area contributed by atoms with Gasteiger partial charge in [-0.15, -0.1) is 35.4 Å². The van der Waals surface area contributed by atoms with Crippen LogP contribution in [0.25, 0.3) is 88.5 Å². The van der Waals surface area contributed by atoms with Crippen molar-refractivity contribution >= 4 is 43.9 Å². The van der Waals surface area contributed by atoms with Gasteiger partial charge in [-0.1, -0.05) is 74.5 Å². The Bertz CT molecular complexity index is 2720. The molecule has 0 saturated carbocycles. The van der Waals surface area contributed by atoms with Crippen LogP contribution < -0.4 is 0 Å². The molecule has 4 heteroatoms. The van der Waals surface area contributed by atoms with Crippen LogP contribution in [0, 0.1) is 6.07 Å². The Balaban J connectivity index is 0.00000314. The average Bonchev–Trinajstić information content (AvgIpc) is 3.74. The average molecular weight is 795 g/mol. The van der Waals surface area contributed by atoms with E-state index in [0.717, 1.165) is 60.7 Å². The fraction of sp³-hybridized carbons (Fsp3) is 0.0682. The Hall–Kier alpha value is -5.28. The van der Waals surface area contributed by atoms with E-state index in [-0.39, 0.29) is 25.5 Å². The number of fused-ring (bicyclic) bond motifs is 9. The molecule has 0 bridgehead atoms. The predicted octanol–water partition coefficient (Wildman–Crippen LogP) is 12.0. The minimum absolute atomic E-state index is 0. The van der Waals surface area contributed by atoms with Gasteiger partial charge < -0.3 is 13.8 Å². The van der Waals surface area contributed by atoms with Gasteiger partial charge in [-0.2, -0.15) is 0 Å². The second-order valence-corrected chi connectivity index (χ2v) is 13.1. The molecule has 0 atom stereocenters. The van der Waals surface area contributed by atoms with E-state index < -0.39 is 0 Å². The van der Waals surface area contributed by atoms with Gasteiger partial charge in [0.2, 0.25) is 0 Å². The third kappa shape index (κ3) is 4.27. The second kappa shape index (κ2) is 10.6. The first-order valence-electron chi connectivity index (χ1n) is 16.0. The molecule has 0 unspecified atom stereocenters. The number of hydrogen-bond donors (Lipinski definition) is 0. The Morgan fingerprint density at radius 1 is 0.521 bits per heavy atom. The number of pyridine rings is 1. The smallest absolute Gasteiger partial charge is 0.139 e. The Morgan fingerprint density at radius 2 is 1.21 bits per heavy atom. The third-order valence-corrected chi connectivity index (χ3v) is 10.1. The van der Waals surface area contributed by atoms with Gasteiger partial charge in [-0.05, 0) is 87.1 Å². The van der Waals surface area contributed by atoms with Crippen LogP contribution in [0.5, 0.6) is 0 Å². The maximum Gasteiger partial charge on any atom is 0.139 e. The summed E-state index contributed by atoms with van der Waals surface area (Å²) in [7, 11) is 0. The van der Waals surface area contributed by atoms with Crippen molar-refractivity contribution < 1.29 is 28.9 Å². The van der Waals surface area contributed by atoms with E-state index in [4.69, 9.17) is 8.83 Å². The van der Waals surface area contributed by atoms with Crippen molar-refractivity contribution in [1.82, 2.24) is 4.98 Å². The molecule has 0 spiro atoms. The number of rotatable bonds is 3. The maximum absolute atomic E-state index is 6.31. The summed E-state index contributed by atoms with van der Waals surface area (Å²) >= 11 is 0. The van der Waals surface area contributed by atoms with Crippen molar-refractivity contribution in [1.29, 1.82) is 0 Å². The number of para-hydroxylation sites is 1. The molecule has 1 aliphatic carbocycles. The summed E-state index contributed by atoms with van der Waals surface area (Å²) in [5.41, 5.74) is 15.3. The monoisotopic (exact) mass is 795 g/mol. The van der Waals surface area contributed by atoms with Gasteiger partial charge in [0.05, 0.1) is 0 Å². The minimum atomic E-state index is -0.122. The van der Waals surface area contributed by atoms with Crippen LogP contribution in [-0.4, -0.2) is 4.98 Å². The third-order valence-electron chi connectivity index (χ3n) is 10.1. The Labute approximate surface area is 291 Å². The summed E-state index contributed by atoms with van der Waals surface area (Å²) in [5.74, 6) is 0. The molecule has 231 valence electrons. The SMILES string of the molecule is CC1(C)c2ccc(-c3cc[c-]c(-c4ccccn4)c3)cc2-c2ccc(-c3ccc4oc5cc6oc7ccccc7c6cc5c4c3)cc21.[Ir]. The predicted molar refractivity (Wildman–Crippen MR) is 192 cm³/mol. The van der Waals surface area contributed by atoms with E-state index in [1.807, 2.05) is 48.7 Å². The van der Waals surface area contributed by atoms with Crippen LogP contribution in [0.15, 0.2) is 142 Å². The first kappa shape index (κ1) is 28.9. The van der Waals surface area contributed by atoms with Gasteiger partial charge in [0.1, 0.15) is 22.3 Å². The Morgan fingerprint density at radius 3 is 2.06 bits per heavy atom. The molecule has 3 nitrogen and oxygen atoms in total. The molecule has 0 aliphatic heterocycles. The molecular formula is C44H28IrNO2-. The van der Waals surface area contributed by atoms with Gasteiger partial charge in [-0.25, -0.2) is 0 Å². The standard InChI is InChI=1S/C44H28NO2.Ir/c1-44(2)37-17-14-27(26-8-7-9-30(20-26)39-11-5-6-19-45-39)21-33(37)31-16-13-29(23-38(31)44)28-15-18-41-34(22-28)36-24-35-32-10-3-4-12-40(32)46-42(35)25-43(36)47-41;/h3-8,10-25H,1-2H3;/q-1;. The van der Waals surface area contributed by atoms with Gasteiger partial charge in [0.25, 0.3) is 0 Å². The fourth-order valence-electron chi connectivity index (χ4n) is 7.60. The van der Waals surface area contributed by atoms with Crippen molar-refractivity contribution in [2.45, 2.75) is 19.3 Å². The quantitative estimate of drug-likeness (QED) is 0.167. The normalized spacial score (nSPS) is 13.2. The maximum atomic E-state index is 6.31. The minimum Gasteiger partial charge on any atom is -0.456 e. The van der Waals surface area contributed by atoms with Crippen LogP contribution >= 0.6 is 0 Å². The first-order valence-corrected chi connectivity index (χ1v) is 16.0. The summed E-state index contributed by atoms with van der Waals surface area (Å²) in [4.78, 5) is 4.53. The van der Waals surface area contributed by atoms with Crippen molar-refractivity contribution in [3.8, 4) is 44.6 Å². The molecule has 6 aromatic carbocycles. The van der Waals surface area contributed by atoms with Crippen LogP contribution in [-0.2, 0) is 25.5 Å². The number of nitrogens with zero attached hydrogens (tertiary/aromatic N) is 1. The molecule has 0 saturated heterocycles. The molecule has 1 aliphatic rings. The number of aromatic nitrogens is 1. The first-order chi connectivity index (χ1) is 23.0. The largest absolute Gasteiger partial charge is 0.456 e. The topological polar surface area (TPSA) is 39.2 Å². The van der Waals surface area contributed by atoms with Crippen LogP contribution in [0.4, 0.5) is 0 Å². The number of hydrogen-bond acceptors (Lipinski definition) is 3. The van der Waals surface area contributed by atoms with E-state index in [1.165, 1.54) is 38.9 Å². The Kier molecular flexibility index (Phi) is 6.39. The summed E-state index contributed by atoms with van der Waals surface area (Å²) < 4.78 is 12.4. The van der Waals surface area contributed by atoms with Gasteiger partial charge in [-0.3, -0.25) is 0 Å². The van der Waals surface area contributed by atoms with Crippen molar-refractivity contribution in [3.05, 3.63) is 151 Å². The summed E-state index contributed by atoms with van der Waals surface area (Å²) in [5, 5.41) is 4.45. The van der Waals surface area contributed by atoms with Crippen molar-refractivity contribution in [3.63, 3.8) is 0 Å². The van der Waals surface area contributed by atoms with Crippen molar-refractivity contribution in [2.75, 3.05) is 0 Å². The zero-order valence-corrected chi connectivity index (χ0v) is 28.7. The van der Waals surface area contributed by atoms with Gasteiger partial charge in [0, 0.05) is 59.3 Å².